The number of cyclic esters (lactones) is 1. The van der Waals surface area contributed by atoms with Crippen molar-refractivity contribution in [3.05, 3.63) is 41.5 Å². The molecule has 1 saturated heterocycles. The topological polar surface area (TPSA) is 95.9 Å². The number of nitrogens with zero attached hydrogens (tertiary/aromatic N) is 1. The Morgan fingerprint density at radius 3 is 2.56 bits per heavy atom. The Morgan fingerprint density at radius 1 is 1.30 bits per heavy atom. The molecule has 1 aromatic rings. The van der Waals surface area contributed by atoms with E-state index in [1.165, 1.54) is 6.92 Å². The van der Waals surface area contributed by atoms with Gasteiger partial charge in [0.2, 0.25) is 11.8 Å². The molecule has 2 amide bonds. The number of esters is 1. The Bertz CT molecular complexity index is 771. The van der Waals surface area contributed by atoms with Gasteiger partial charge < -0.3 is 20.1 Å². The molecule has 0 aromatic heterocycles. The molecule has 7 heteroatoms. The van der Waals surface area contributed by atoms with Crippen LogP contribution in [0.5, 0.6) is 0 Å². The zero-order valence-electron chi connectivity index (χ0n) is 15.5. The highest BCUT2D eigenvalue weighted by Crippen LogP contribution is 2.36. The maximum Gasteiger partial charge on any atom is 0.315 e. The molecule has 1 fully saturated rings. The Hall–Kier alpha value is -2.67. The summed E-state index contributed by atoms with van der Waals surface area (Å²) < 4.78 is 5.30. The van der Waals surface area contributed by atoms with Gasteiger partial charge in [0.25, 0.3) is 0 Å². The number of benzene rings is 1. The summed E-state index contributed by atoms with van der Waals surface area (Å²) in [6.07, 6.45) is 2.11. The van der Waals surface area contributed by atoms with Gasteiger partial charge in [0.05, 0.1) is 5.92 Å². The summed E-state index contributed by atoms with van der Waals surface area (Å²) in [5.41, 5.74) is 3.05. The molecule has 0 radical (unpaired) electrons. The van der Waals surface area contributed by atoms with E-state index >= 15 is 0 Å². The van der Waals surface area contributed by atoms with Gasteiger partial charge in [-0.05, 0) is 23.1 Å². The first-order valence-corrected chi connectivity index (χ1v) is 9.06. The number of ether oxygens (including phenoxy) is 1. The van der Waals surface area contributed by atoms with Crippen LogP contribution in [0.3, 0.4) is 0 Å². The molecule has 0 spiro atoms. The third kappa shape index (κ3) is 4.03. The Morgan fingerprint density at radius 2 is 2.00 bits per heavy atom. The Balaban J connectivity index is 1.71. The molecule has 27 heavy (non-hydrogen) atoms. The molecule has 144 valence electrons. The zero-order chi connectivity index (χ0) is 19.6. The van der Waals surface area contributed by atoms with Crippen molar-refractivity contribution in [3.8, 4) is 0 Å². The van der Waals surface area contributed by atoms with Crippen molar-refractivity contribution in [2.45, 2.75) is 32.4 Å². The highest BCUT2D eigenvalue weighted by molar-refractivity contribution is 5.82. The molecule has 3 atom stereocenters. The number of carbonyl (C=O) groups excluding carboxylic acids is 3. The molecule has 1 aromatic carbocycles. The van der Waals surface area contributed by atoms with Gasteiger partial charge in [-0.25, -0.2) is 0 Å². The molecule has 7 nitrogen and oxygen atoms in total. The number of hydrogen-bond acceptors (Lipinski definition) is 5. The highest BCUT2D eigenvalue weighted by Gasteiger charge is 2.43. The summed E-state index contributed by atoms with van der Waals surface area (Å²) in [4.78, 5) is 36.7. The fraction of sp³-hybridized carbons (Fsp3) is 0.450. The molecule has 0 bridgehead atoms. The average Bonchev–Trinajstić information content (AvgIpc) is 2.94. The second kappa shape index (κ2) is 7.92. The average molecular weight is 372 g/mol. The van der Waals surface area contributed by atoms with Crippen LogP contribution in [0.25, 0.3) is 5.57 Å². The maximum absolute atomic E-state index is 12.2. The van der Waals surface area contributed by atoms with E-state index in [1.54, 1.807) is 4.90 Å². The van der Waals surface area contributed by atoms with Gasteiger partial charge in [-0.2, -0.15) is 0 Å². The molecule has 2 aliphatic heterocycles. The number of amides is 2. The minimum Gasteiger partial charge on any atom is -0.441 e. The molecule has 2 N–H and O–H groups in total. The second-order valence-electron chi connectivity index (χ2n) is 6.99. The number of aliphatic hydroxyl groups excluding tert-OH is 1. The van der Waals surface area contributed by atoms with Crippen LogP contribution in [-0.4, -0.2) is 53.7 Å². The van der Waals surface area contributed by atoms with E-state index in [4.69, 9.17) is 9.84 Å². The molecule has 3 rings (SSSR count). The third-order valence-electron chi connectivity index (χ3n) is 5.18. The van der Waals surface area contributed by atoms with E-state index in [2.05, 4.69) is 5.32 Å². The van der Waals surface area contributed by atoms with E-state index in [0.717, 1.165) is 23.1 Å². The number of aliphatic hydroxyl groups is 1. The van der Waals surface area contributed by atoms with Gasteiger partial charge >= 0.3 is 5.97 Å². The van der Waals surface area contributed by atoms with Crippen LogP contribution in [0.15, 0.2) is 30.3 Å². The molecule has 2 aliphatic rings. The van der Waals surface area contributed by atoms with Crippen molar-refractivity contribution >= 4 is 23.4 Å². The smallest absolute Gasteiger partial charge is 0.315 e. The van der Waals surface area contributed by atoms with Crippen molar-refractivity contribution in [1.82, 2.24) is 10.2 Å². The molecule has 2 heterocycles. The maximum atomic E-state index is 12.2. The predicted molar refractivity (Wildman–Crippen MR) is 98.3 cm³/mol. The van der Waals surface area contributed by atoms with Crippen molar-refractivity contribution in [2.24, 2.45) is 5.92 Å². The van der Waals surface area contributed by atoms with Gasteiger partial charge in [-0.15, -0.1) is 0 Å². The Kier molecular flexibility index (Phi) is 5.60. The van der Waals surface area contributed by atoms with E-state index in [-0.39, 0.29) is 23.7 Å². The van der Waals surface area contributed by atoms with Crippen molar-refractivity contribution in [2.75, 3.05) is 19.7 Å². The van der Waals surface area contributed by atoms with E-state index in [0.29, 0.717) is 13.1 Å². The standard InChI is InChI=1S/C20H24N2O5/c1-12-18(20(26)27-19(12)21-13(2)24)16-5-3-14(4-6-16)15-7-9-22(10-8-15)17(25)11-23/h3-7,12,18-19,23H,8-11H2,1-2H3,(H,21,24). The van der Waals surface area contributed by atoms with Gasteiger partial charge in [-0.3, -0.25) is 14.4 Å². The van der Waals surface area contributed by atoms with Crippen LogP contribution in [0.1, 0.15) is 37.3 Å². The van der Waals surface area contributed by atoms with E-state index in [1.807, 2.05) is 37.3 Å². The first-order chi connectivity index (χ1) is 12.9. The Labute approximate surface area is 158 Å². The first kappa shape index (κ1) is 19.1. The lowest BCUT2D eigenvalue weighted by atomic mass is 9.87. The lowest BCUT2D eigenvalue weighted by Crippen LogP contribution is -2.36. The van der Waals surface area contributed by atoms with Gasteiger partial charge in [0.15, 0.2) is 6.23 Å². The molecule has 3 unspecified atom stereocenters. The normalized spacial score (nSPS) is 25.0. The van der Waals surface area contributed by atoms with Crippen LogP contribution >= 0.6 is 0 Å². The van der Waals surface area contributed by atoms with Gasteiger partial charge in [-0.1, -0.05) is 37.3 Å². The monoisotopic (exact) mass is 372 g/mol. The largest absolute Gasteiger partial charge is 0.441 e. The predicted octanol–water partition coefficient (Wildman–Crippen LogP) is 1.03. The zero-order valence-corrected chi connectivity index (χ0v) is 15.5. The third-order valence-corrected chi connectivity index (χ3v) is 5.18. The van der Waals surface area contributed by atoms with E-state index in [9.17, 15) is 14.4 Å². The van der Waals surface area contributed by atoms with Crippen molar-refractivity contribution in [1.29, 1.82) is 0 Å². The van der Waals surface area contributed by atoms with Crippen molar-refractivity contribution < 1.29 is 24.2 Å². The van der Waals surface area contributed by atoms with E-state index < -0.39 is 18.8 Å². The molecular weight excluding hydrogens is 348 g/mol. The van der Waals surface area contributed by atoms with Crippen molar-refractivity contribution in [3.63, 3.8) is 0 Å². The van der Waals surface area contributed by atoms with Crippen LogP contribution in [0.4, 0.5) is 0 Å². The number of hydrogen-bond donors (Lipinski definition) is 2. The lowest BCUT2D eigenvalue weighted by Gasteiger charge is -2.26. The number of rotatable bonds is 4. The fourth-order valence-electron chi connectivity index (χ4n) is 3.66. The van der Waals surface area contributed by atoms with Gasteiger partial charge in [0.1, 0.15) is 6.61 Å². The first-order valence-electron chi connectivity index (χ1n) is 9.06. The summed E-state index contributed by atoms with van der Waals surface area (Å²) in [6, 6.07) is 7.77. The fourth-order valence-corrected chi connectivity index (χ4v) is 3.66. The summed E-state index contributed by atoms with van der Waals surface area (Å²) in [6.45, 7) is 3.89. The molecule has 0 aliphatic carbocycles. The summed E-state index contributed by atoms with van der Waals surface area (Å²) >= 11 is 0. The summed E-state index contributed by atoms with van der Waals surface area (Å²) in [5.74, 6) is -1.38. The minimum atomic E-state index is -0.601. The number of nitrogens with one attached hydrogen (secondary N) is 1. The summed E-state index contributed by atoms with van der Waals surface area (Å²) in [5, 5.41) is 11.6. The second-order valence-corrected chi connectivity index (χ2v) is 6.99. The highest BCUT2D eigenvalue weighted by atomic mass is 16.6. The molecular formula is C20H24N2O5. The van der Waals surface area contributed by atoms with Crippen LogP contribution < -0.4 is 5.32 Å². The van der Waals surface area contributed by atoms with Gasteiger partial charge in [0, 0.05) is 25.9 Å². The van der Waals surface area contributed by atoms with Crippen LogP contribution in [0.2, 0.25) is 0 Å². The molecule has 0 saturated carbocycles. The minimum absolute atomic E-state index is 0.154. The summed E-state index contributed by atoms with van der Waals surface area (Å²) in [7, 11) is 0. The number of carbonyl (C=O) groups is 3. The SMILES string of the molecule is CC(=O)NC1OC(=O)C(c2ccc(C3=CCN(C(=O)CO)CC3)cc2)C1C. The quantitative estimate of drug-likeness (QED) is 0.770. The van der Waals surface area contributed by atoms with Crippen LogP contribution in [-0.2, 0) is 19.1 Å². The van der Waals surface area contributed by atoms with Crippen LogP contribution in [0, 0.1) is 5.92 Å². The lowest BCUT2D eigenvalue weighted by molar-refractivity contribution is -0.144.